The van der Waals surface area contributed by atoms with E-state index < -0.39 is 14.4 Å². The molecule has 0 aromatic heterocycles. The lowest BCUT2D eigenvalue weighted by Gasteiger charge is -2.43. The van der Waals surface area contributed by atoms with Gasteiger partial charge >= 0.3 is 0 Å². The summed E-state index contributed by atoms with van der Waals surface area (Å²) >= 11 is 0. The Balaban J connectivity index is 1.71. The Labute approximate surface area is 193 Å². The van der Waals surface area contributed by atoms with E-state index in [4.69, 9.17) is 9.16 Å². The second-order valence-electron chi connectivity index (χ2n) is 9.13. The van der Waals surface area contributed by atoms with Gasteiger partial charge in [0.1, 0.15) is 12.4 Å². The Morgan fingerprint density at radius 1 is 0.812 bits per heavy atom. The molecular formula is C28H34O3Si. The molecular weight excluding hydrogens is 412 g/mol. The fourth-order valence-electron chi connectivity index (χ4n) is 4.24. The topological polar surface area (TPSA) is 35.5 Å². The van der Waals surface area contributed by atoms with Gasteiger partial charge in [-0.3, -0.25) is 0 Å². The largest absolute Gasteiger partial charge is 0.407 e. The first-order valence-electron chi connectivity index (χ1n) is 11.3. The number of hydrogen-bond acceptors (Lipinski definition) is 3. The van der Waals surface area contributed by atoms with Crippen LogP contribution in [0.2, 0.25) is 5.04 Å². The van der Waals surface area contributed by atoms with Gasteiger partial charge in [-0.2, -0.15) is 0 Å². The highest BCUT2D eigenvalue weighted by molar-refractivity contribution is 6.99. The Hall–Kier alpha value is -2.53. The summed E-state index contributed by atoms with van der Waals surface area (Å²) in [6.45, 7) is 7.86. The Bertz CT molecular complexity index is 897. The predicted molar refractivity (Wildman–Crippen MR) is 134 cm³/mol. The van der Waals surface area contributed by atoms with Gasteiger partial charge in [-0.05, 0) is 33.8 Å². The summed E-state index contributed by atoms with van der Waals surface area (Å²) < 4.78 is 12.7. The molecule has 0 saturated carbocycles. The molecule has 0 unspecified atom stereocenters. The summed E-state index contributed by atoms with van der Waals surface area (Å²) in [4.78, 5) is 11.6. The maximum atomic E-state index is 11.6. The molecule has 4 heteroatoms. The van der Waals surface area contributed by atoms with Crippen LogP contribution in [0.4, 0.5) is 0 Å². The van der Waals surface area contributed by atoms with Gasteiger partial charge in [0.2, 0.25) is 0 Å². The standard InChI is InChI=1S/C28H34O3Si/c1-28(2,3)32(26-17-9-5-10-18-26,27-19-11-6-12-20-27)31-21-13-16-25(22-29)30-23-24-14-7-4-8-15-24/h4-12,14-15,17-20,22,25H,13,16,21,23H2,1-3H3/t25-/m0/s1. The SMILES string of the molecule is CC(C)(C)[Si](OCCC[C@@H](C=O)OCc1ccccc1)(c1ccccc1)c1ccccc1. The highest BCUT2D eigenvalue weighted by atomic mass is 28.4. The molecule has 0 heterocycles. The van der Waals surface area contributed by atoms with Crippen LogP contribution in [-0.2, 0) is 20.6 Å². The zero-order valence-corrected chi connectivity index (χ0v) is 20.4. The minimum Gasteiger partial charge on any atom is -0.407 e. The Morgan fingerprint density at radius 3 is 1.78 bits per heavy atom. The highest BCUT2D eigenvalue weighted by Crippen LogP contribution is 2.36. The summed E-state index contributed by atoms with van der Waals surface area (Å²) in [6.07, 6.45) is 1.90. The predicted octanol–water partition coefficient (Wildman–Crippen LogP) is 5.13. The molecule has 3 nitrogen and oxygen atoms in total. The van der Waals surface area contributed by atoms with Crippen LogP contribution in [-0.4, -0.2) is 27.3 Å². The molecule has 0 fully saturated rings. The van der Waals surface area contributed by atoms with Crippen LogP contribution < -0.4 is 10.4 Å². The molecule has 0 radical (unpaired) electrons. The van der Waals surface area contributed by atoms with Crippen LogP contribution in [0.25, 0.3) is 0 Å². The van der Waals surface area contributed by atoms with Crippen molar-refractivity contribution in [3.63, 3.8) is 0 Å². The molecule has 0 aliphatic rings. The van der Waals surface area contributed by atoms with Crippen molar-refractivity contribution in [1.82, 2.24) is 0 Å². The molecule has 1 atom stereocenters. The van der Waals surface area contributed by atoms with E-state index in [1.54, 1.807) is 0 Å². The van der Waals surface area contributed by atoms with Crippen LogP contribution in [0.5, 0.6) is 0 Å². The van der Waals surface area contributed by atoms with Crippen molar-refractivity contribution in [3.05, 3.63) is 96.6 Å². The molecule has 32 heavy (non-hydrogen) atoms. The van der Waals surface area contributed by atoms with Crippen molar-refractivity contribution in [1.29, 1.82) is 0 Å². The van der Waals surface area contributed by atoms with Crippen LogP contribution in [0.1, 0.15) is 39.2 Å². The first kappa shape index (κ1) is 24.1. The van der Waals surface area contributed by atoms with Crippen LogP contribution in [0.3, 0.4) is 0 Å². The molecule has 0 aliphatic carbocycles. The molecule has 3 aromatic rings. The zero-order valence-electron chi connectivity index (χ0n) is 19.4. The third kappa shape index (κ3) is 5.83. The third-order valence-electron chi connectivity index (χ3n) is 5.83. The van der Waals surface area contributed by atoms with Gasteiger partial charge in [-0.25, -0.2) is 0 Å². The van der Waals surface area contributed by atoms with E-state index in [1.165, 1.54) is 10.4 Å². The number of carbonyl (C=O) groups is 1. The first-order valence-corrected chi connectivity index (χ1v) is 13.2. The lowest BCUT2D eigenvalue weighted by Crippen LogP contribution is -2.66. The fourth-order valence-corrected chi connectivity index (χ4v) is 8.85. The maximum absolute atomic E-state index is 11.6. The van der Waals surface area contributed by atoms with Gasteiger partial charge < -0.3 is 14.0 Å². The van der Waals surface area contributed by atoms with Crippen LogP contribution in [0.15, 0.2) is 91.0 Å². The first-order chi connectivity index (χ1) is 15.5. The lowest BCUT2D eigenvalue weighted by molar-refractivity contribution is -0.119. The smallest absolute Gasteiger partial charge is 0.261 e. The zero-order chi connectivity index (χ0) is 22.9. The van der Waals surface area contributed by atoms with Crippen molar-refractivity contribution in [2.24, 2.45) is 0 Å². The summed E-state index contributed by atoms with van der Waals surface area (Å²) in [5.74, 6) is 0. The third-order valence-corrected chi connectivity index (χ3v) is 10.9. The van der Waals surface area contributed by atoms with E-state index in [0.717, 1.165) is 18.3 Å². The van der Waals surface area contributed by atoms with Crippen molar-refractivity contribution in [2.75, 3.05) is 6.61 Å². The summed E-state index contributed by atoms with van der Waals surface area (Å²) in [6, 6.07) is 31.2. The van der Waals surface area contributed by atoms with E-state index in [2.05, 4.69) is 81.4 Å². The molecule has 0 spiro atoms. The molecule has 0 saturated heterocycles. The summed E-state index contributed by atoms with van der Waals surface area (Å²) in [7, 11) is -2.53. The molecule has 0 N–H and O–H groups in total. The molecule has 0 bridgehead atoms. The van der Waals surface area contributed by atoms with Crippen molar-refractivity contribution < 1.29 is 14.0 Å². The molecule has 0 amide bonds. The maximum Gasteiger partial charge on any atom is 0.261 e. The van der Waals surface area contributed by atoms with E-state index in [0.29, 0.717) is 19.6 Å². The van der Waals surface area contributed by atoms with Crippen molar-refractivity contribution in [2.45, 2.75) is 51.4 Å². The average molecular weight is 447 g/mol. The Kier molecular flexibility index (Phi) is 8.57. The lowest BCUT2D eigenvalue weighted by atomic mass is 10.2. The number of ether oxygens (including phenoxy) is 1. The number of hydrogen-bond donors (Lipinski definition) is 0. The van der Waals surface area contributed by atoms with Crippen LogP contribution in [0, 0.1) is 0 Å². The average Bonchev–Trinajstić information content (AvgIpc) is 2.82. The molecule has 3 rings (SSSR count). The molecule has 168 valence electrons. The minimum atomic E-state index is -2.53. The summed E-state index contributed by atoms with van der Waals surface area (Å²) in [5.41, 5.74) is 1.07. The van der Waals surface area contributed by atoms with Gasteiger partial charge in [0.15, 0.2) is 0 Å². The van der Waals surface area contributed by atoms with Gasteiger partial charge in [0, 0.05) is 6.61 Å². The highest BCUT2D eigenvalue weighted by Gasteiger charge is 2.49. The molecule has 0 aliphatic heterocycles. The number of benzene rings is 3. The summed E-state index contributed by atoms with van der Waals surface area (Å²) in [5, 5.41) is 2.49. The monoisotopic (exact) mass is 446 g/mol. The van der Waals surface area contributed by atoms with Crippen molar-refractivity contribution >= 4 is 25.0 Å². The fraction of sp³-hybridized carbons (Fsp3) is 0.321. The minimum absolute atomic E-state index is 0.0520. The molecule has 3 aromatic carbocycles. The van der Waals surface area contributed by atoms with Gasteiger partial charge in [0.05, 0.1) is 6.61 Å². The number of carbonyl (C=O) groups excluding carboxylic acids is 1. The van der Waals surface area contributed by atoms with E-state index in [9.17, 15) is 4.79 Å². The van der Waals surface area contributed by atoms with E-state index >= 15 is 0 Å². The van der Waals surface area contributed by atoms with Crippen LogP contribution >= 0.6 is 0 Å². The van der Waals surface area contributed by atoms with Gasteiger partial charge in [0.25, 0.3) is 8.32 Å². The Morgan fingerprint density at radius 2 is 1.31 bits per heavy atom. The van der Waals surface area contributed by atoms with E-state index in [-0.39, 0.29) is 5.04 Å². The number of aldehydes is 1. The second-order valence-corrected chi connectivity index (χ2v) is 13.4. The second kappa shape index (κ2) is 11.4. The van der Waals surface area contributed by atoms with Gasteiger partial charge in [-0.15, -0.1) is 0 Å². The quantitative estimate of drug-likeness (QED) is 0.233. The number of rotatable bonds is 11. The van der Waals surface area contributed by atoms with E-state index in [1.807, 2.05) is 30.3 Å². The van der Waals surface area contributed by atoms with Crippen molar-refractivity contribution in [3.8, 4) is 0 Å². The normalized spacial score (nSPS) is 13.0. The van der Waals surface area contributed by atoms with Gasteiger partial charge in [-0.1, -0.05) is 112 Å².